The Bertz CT molecular complexity index is 897. The lowest BCUT2D eigenvalue weighted by molar-refractivity contribution is -0.386. The third-order valence-corrected chi connectivity index (χ3v) is 6.18. The number of nitro groups is 1. The summed E-state index contributed by atoms with van der Waals surface area (Å²) in [6, 6.07) is 8.74. The summed E-state index contributed by atoms with van der Waals surface area (Å²) in [4.78, 5) is 11.5. The van der Waals surface area contributed by atoms with Crippen LogP contribution in [0, 0.1) is 30.9 Å². The van der Waals surface area contributed by atoms with Crippen LogP contribution < -0.4 is 4.74 Å². The number of fused-ring (bicyclic) bond motifs is 1. The van der Waals surface area contributed by atoms with Crippen molar-refractivity contribution in [3.05, 3.63) is 67.8 Å². The molecular weight excluding hydrogens is 350 g/mol. The Hall–Kier alpha value is -2.36. The number of unbranched alkanes of at least 4 members (excludes halogenated alkanes) is 2. The molecule has 1 unspecified atom stereocenters. The first-order chi connectivity index (χ1) is 13.2. The fraction of sp³-hybridized carbons (Fsp3) is 0.500. The molecule has 0 aliphatic carbocycles. The van der Waals surface area contributed by atoms with Gasteiger partial charge in [-0.15, -0.1) is 0 Å². The largest absolute Gasteiger partial charge is 0.486 e. The first-order valence-electron chi connectivity index (χ1n) is 10.2. The average Bonchev–Trinajstić information content (AvgIpc) is 2.92. The van der Waals surface area contributed by atoms with Crippen LogP contribution in [-0.2, 0) is 6.42 Å². The van der Waals surface area contributed by atoms with E-state index in [9.17, 15) is 10.1 Å². The van der Waals surface area contributed by atoms with Gasteiger partial charge in [-0.2, -0.15) is 0 Å². The zero-order valence-electron chi connectivity index (χ0n) is 17.9. The molecule has 2 aromatic carbocycles. The van der Waals surface area contributed by atoms with Gasteiger partial charge in [0, 0.05) is 22.3 Å². The fourth-order valence-electron chi connectivity index (χ4n) is 4.58. The van der Waals surface area contributed by atoms with Crippen LogP contribution in [0.2, 0.25) is 0 Å². The van der Waals surface area contributed by atoms with Gasteiger partial charge in [-0.25, -0.2) is 0 Å². The zero-order valence-corrected chi connectivity index (χ0v) is 17.9. The van der Waals surface area contributed by atoms with E-state index in [-0.39, 0.29) is 16.5 Å². The van der Waals surface area contributed by atoms with Crippen LogP contribution in [0.3, 0.4) is 0 Å². The maximum absolute atomic E-state index is 11.7. The summed E-state index contributed by atoms with van der Waals surface area (Å²) in [6.07, 6.45) is 4.78. The van der Waals surface area contributed by atoms with E-state index in [1.165, 1.54) is 24.8 Å². The number of nitrogens with zero attached hydrogens (tertiary/aromatic N) is 1. The summed E-state index contributed by atoms with van der Waals surface area (Å²) in [5, 5.41) is 11.7. The molecule has 2 aromatic rings. The highest BCUT2D eigenvalue weighted by Gasteiger charge is 2.46. The fourth-order valence-corrected chi connectivity index (χ4v) is 4.58. The van der Waals surface area contributed by atoms with Gasteiger partial charge in [-0.05, 0) is 58.6 Å². The Morgan fingerprint density at radius 3 is 2.25 bits per heavy atom. The Labute approximate surface area is 168 Å². The van der Waals surface area contributed by atoms with Crippen LogP contribution in [0.4, 0.5) is 5.69 Å². The third-order valence-electron chi connectivity index (χ3n) is 6.18. The number of benzene rings is 2. The number of ether oxygens (including phenoxy) is 1. The Kier molecular flexibility index (Phi) is 5.51. The van der Waals surface area contributed by atoms with Gasteiger partial charge in [0.25, 0.3) is 5.69 Å². The second-order valence-electron chi connectivity index (χ2n) is 8.56. The smallest absolute Gasteiger partial charge is 0.276 e. The summed E-state index contributed by atoms with van der Waals surface area (Å²) >= 11 is 0. The summed E-state index contributed by atoms with van der Waals surface area (Å²) in [5.41, 5.74) is 5.54. The first-order valence-corrected chi connectivity index (χ1v) is 10.2. The van der Waals surface area contributed by atoms with Gasteiger partial charge in [-0.1, -0.05) is 44.0 Å². The molecule has 0 spiro atoms. The molecule has 0 fully saturated rings. The number of nitro benzene ring substituents is 1. The standard InChI is InChI=1S/C24H31NO3/c1-7-8-9-10-18-11-13-19(14-12-18)21-20-17(4)22(25(26)27)15(2)16(3)23(20)28-24(21,5)6/h11-14,21H,7-10H2,1-6H3. The van der Waals surface area contributed by atoms with Crippen molar-refractivity contribution in [1.82, 2.24) is 0 Å². The number of rotatable bonds is 6. The van der Waals surface area contributed by atoms with Gasteiger partial charge < -0.3 is 4.74 Å². The molecule has 4 heteroatoms. The average molecular weight is 382 g/mol. The molecule has 1 heterocycles. The molecular formula is C24H31NO3. The Morgan fingerprint density at radius 1 is 1.04 bits per heavy atom. The van der Waals surface area contributed by atoms with Gasteiger partial charge >= 0.3 is 0 Å². The number of hydrogen-bond acceptors (Lipinski definition) is 3. The van der Waals surface area contributed by atoms with Crippen LogP contribution in [0.1, 0.15) is 79.3 Å². The highest BCUT2D eigenvalue weighted by Crippen LogP contribution is 2.53. The van der Waals surface area contributed by atoms with Gasteiger partial charge in [-0.3, -0.25) is 10.1 Å². The maximum Gasteiger partial charge on any atom is 0.276 e. The van der Waals surface area contributed by atoms with Crippen LogP contribution >= 0.6 is 0 Å². The topological polar surface area (TPSA) is 52.4 Å². The monoisotopic (exact) mass is 381 g/mol. The minimum atomic E-state index is -0.455. The molecule has 0 aromatic heterocycles. The van der Waals surface area contributed by atoms with Gasteiger partial charge in [0.05, 0.1) is 10.8 Å². The van der Waals surface area contributed by atoms with Crippen molar-refractivity contribution in [2.45, 2.75) is 78.7 Å². The molecule has 0 radical (unpaired) electrons. The second kappa shape index (κ2) is 7.57. The molecule has 0 amide bonds. The quantitative estimate of drug-likeness (QED) is 0.324. The van der Waals surface area contributed by atoms with Gasteiger partial charge in [0.15, 0.2) is 0 Å². The predicted molar refractivity (Wildman–Crippen MR) is 114 cm³/mol. The van der Waals surface area contributed by atoms with Crippen molar-refractivity contribution in [3.8, 4) is 5.75 Å². The summed E-state index contributed by atoms with van der Waals surface area (Å²) in [7, 11) is 0. The molecule has 0 N–H and O–H groups in total. The van der Waals surface area contributed by atoms with Crippen LogP contribution in [0.25, 0.3) is 0 Å². The van der Waals surface area contributed by atoms with Crippen LogP contribution in [-0.4, -0.2) is 10.5 Å². The normalized spacial score (nSPS) is 17.3. The lowest BCUT2D eigenvalue weighted by Crippen LogP contribution is -2.31. The van der Waals surface area contributed by atoms with E-state index >= 15 is 0 Å². The van der Waals surface area contributed by atoms with Crippen molar-refractivity contribution < 1.29 is 9.66 Å². The van der Waals surface area contributed by atoms with Crippen molar-refractivity contribution >= 4 is 5.69 Å². The van der Waals surface area contributed by atoms with E-state index in [4.69, 9.17) is 4.74 Å². The van der Waals surface area contributed by atoms with E-state index in [0.29, 0.717) is 5.56 Å². The molecule has 1 aliphatic heterocycles. The maximum atomic E-state index is 11.7. The summed E-state index contributed by atoms with van der Waals surface area (Å²) in [6.45, 7) is 12.0. The van der Waals surface area contributed by atoms with E-state index < -0.39 is 5.60 Å². The summed E-state index contributed by atoms with van der Waals surface area (Å²) in [5.74, 6) is 0.799. The molecule has 1 atom stereocenters. The molecule has 0 bridgehead atoms. The molecule has 150 valence electrons. The molecule has 0 saturated carbocycles. The first kappa shape index (κ1) is 20.4. The van der Waals surface area contributed by atoms with Crippen molar-refractivity contribution in [3.63, 3.8) is 0 Å². The zero-order chi connectivity index (χ0) is 20.6. The molecule has 1 aliphatic rings. The molecule has 3 rings (SSSR count). The highest BCUT2D eigenvalue weighted by molar-refractivity contribution is 5.66. The van der Waals surface area contributed by atoms with Gasteiger partial charge in [0.1, 0.15) is 11.4 Å². The van der Waals surface area contributed by atoms with Crippen LogP contribution in [0.15, 0.2) is 24.3 Å². The Balaban J connectivity index is 2.07. The SMILES string of the molecule is CCCCCc1ccc(C2c3c(C)c([N+](=O)[O-])c(C)c(C)c3OC2(C)C)cc1. The minimum Gasteiger partial charge on any atom is -0.486 e. The number of hydrogen-bond donors (Lipinski definition) is 0. The van der Waals surface area contributed by atoms with E-state index in [1.807, 2.05) is 20.8 Å². The molecule has 0 saturated heterocycles. The lowest BCUT2D eigenvalue weighted by Gasteiger charge is -2.27. The summed E-state index contributed by atoms with van der Waals surface area (Å²) < 4.78 is 6.38. The van der Waals surface area contributed by atoms with E-state index in [0.717, 1.165) is 34.4 Å². The molecule has 4 nitrogen and oxygen atoms in total. The lowest BCUT2D eigenvalue weighted by atomic mass is 9.78. The predicted octanol–water partition coefficient (Wildman–Crippen LogP) is 6.56. The number of aryl methyl sites for hydroxylation is 1. The van der Waals surface area contributed by atoms with Crippen LogP contribution in [0.5, 0.6) is 5.75 Å². The Morgan fingerprint density at radius 2 is 1.68 bits per heavy atom. The molecule has 28 heavy (non-hydrogen) atoms. The van der Waals surface area contributed by atoms with E-state index in [1.54, 1.807) is 0 Å². The van der Waals surface area contributed by atoms with Crippen molar-refractivity contribution in [2.75, 3.05) is 0 Å². The van der Waals surface area contributed by atoms with E-state index in [2.05, 4.69) is 45.0 Å². The highest BCUT2D eigenvalue weighted by atomic mass is 16.6. The minimum absolute atomic E-state index is 0.0230. The second-order valence-corrected chi connectivity index (χ2v) is 8.56. The van der Waals surface area contributed by atoms with Gasteiger partial charge in [0.2, 0.25) is 0 Å². The van der Waals surface area contributed by atoms with Crippen molar-refractivity contribution in [2.24, 2.45) is 0 Å². The third kappa shape index (κ3) is 3.41. The van der Waals surface area contributed by atoms with Crippen molar-refractivity contribution in [1.29, 1.82) is 0 Å².